The lowest BCUT2D eigenvalue weighted by molar-refractivity contribution is 0.186. The van der Waals surface area contributed by atoms with Crippen LogP contribution in [0.25, 0.3) is 0 Å². The monoisotopic (exact) mass is 278 g/mol. The number of hydrogen-bond donors (Lipinski definition) is 2. The van der Waals surface area contributed by atoms with Crippen LogP contribution >= 0.6 is 0 Å². The lowest BCUT2D eigenvalue weighted by Crippen LogP contribution is -1.85. The summed E-state index contributed by atoms with van der Waals surface area (Å²) in [6.07, 6.45) is 0. The molecule has 0 aromatic heterocycles. The SMILES string of the molecule is COc1ccccc1.COc1ccccc1.OCCO. The van der Waals surface area contributed by atoms with Crippen molar-refractivity contribution in [1.29, 1.82) is 0 Å². The largest absolute Gasteiger partial charge is 0.497 e. The highest BCUT2D eigenvalue weighted by atomic mass is 16.5. The fraction of sp³-hybridized carbons (Fsp3) is 0.250. The molecule has 4 nitrogen and oxygen atoms in total. The van der Waals surface area contributed by atoms with Gasteiger partial charge in [0.05, 0.1) is 27.4 Å². The summed E-state index contributed by atoms with van der Waals surface area (Å²) in [6.45, 7) is -0.250. The molecule has 0 heterocycles. The van der Waals surface area contributed by atoms with E-state index in [2.05, 4.69) is 0 Å². The minimum Gasteiger partial charge on any atom is -0.497 e. The Morgan fingerprint density at radius 2 is 0.950 bits per heavy atom. The molecule has 2 aromatic rings. The van der Waals surface area contributed by atoms with E-state index in [1.54, 1.807) is 14.2 Å². The van der Waals surface area contributed by atoms with E-state index >= 15 is 0 Å². The number of para-hydroxylation sites is 2. The van der Waals surface area contributed by atoms with Gasteiger partial charge in [0, 0.05) is 0 Å². The standard InChI is InChI=1S/2C7H8O.C2H6O2/c2*1-8-7-5-3-2-4-6-7;3-1-2-4/h2*2-6H,1H3;3-4H,1-2H2. The zero-order valence-electron chi connectivity index (χ0n) is 11.9. The average Bonchev–Trinajstić information content (AvgIpc) is 2.57. The maximum absolute atomic E-state index is 7.62. The Labute approximate surface area is 120 Å². The van der Waals surface area contributed by atoms with Gasteiger partial charge in [-0.05, 0) is 24.3 Å². The number of hydrogen-bond acceptors (Lipinski definition) is 4. The quantitative estimate of drug-likeness (QED) is 0.905. The summed E-state index contributed by atoms with van der Waals surface area (Å²) in [7, 11) is 3.32. The lowest BCUT2D eigenvalue weighted by atomic mass is 10.3. The van der Waals surface area contributed by atoms with E-state index < -0.39 is 0 Å². The van der Waals surface area contributed by atoms with E-state index in [0.717, 1.165) is 11.5 Å². The van der Waals surface area contributed by atoms with Crippen LogP contribution in [0.4, 0.5) is 0 Å². The van der Waals surface area contributed by atoms with Crippen LogP contribution in [0.15, 0.2) is 60.7 Å². The molecule has 2 N–H and O–H groups in total. The molecule has 0 saturated heterocycles. The molecular weight excluding hydrogens is 256 g/mol. The van der Waals surface area contributed by atoms with E-state index in [1.165, 1.54) is 0 Å². The van der Waals surface area contributed by atoms with E-state index in [0.29, 0.717) is 0 Å². The Morgan fingerprint density at radius 1 is 0.650 bits per heavy atom. The van der Waals surface area contributed by atoms with Gasteiger partial charge in [0.15, 0.2) is 0 Å². The van der Waals surface area contributed by atoms with Gasteiger partial charge in [0.1, 0.15) is 11.5 Å². The van der Waals surface area contributed by atoms with Gasteiger partial charge in [0.25, 0.3) is 0 Å². The van der Waals surface area contributed by atoms with Gasteiger partial charge in [-0.1, -0.05) is 36.4 Å². The zero-order valence-corrected chi connectivity index (χ0v) is 11.9. The van der Waals surface area contributed by atoms with E-state index in [1.807, 2.05) is 60.7 Å². The highest BCUT2D eigenvalue weighted by molar-refractivity contribution is 5.21. The summed E-state index contributed by atoms with van der Waals surface area (Å²) in [4.78, 5) is 0. The Balaban J connectivity index is 0.000000289. The molecule has 20 heavy (non-hydrogen) atoms. The maximum Gasteiger partial charge on any atom is 0.118 e. The molecule has 110 valence electrons. The molecule has 0 amide bonds. The van der Waals surface area contributed by atoms with Gasteiger partial charge in [0.2, 0.25) is 0 Å². The third-order valence-electron chi connectivity index (χ3n) is 2.06. The molecule has 0 unspecified atom stereocenters. The molecule has 0 aliphatic rings. The smallest absolute Gasteiger partial charge is 0.118 e. The van der Waals surface area contributed by atoms with E-state index in [9.17, 15) is 0 Å². The summed E-state index contributed by atoms with van der Waals surface area (Å²) in [5.74, 6) is 1.82. The van der Waals surface area contributed by atoms with Crippen molar-refractivity contribution >= 4 is 0 Å². The number of methoxy groups -OCH3 is 2. The summed E-state index contributed by atoms with van der Waals surface area (Å²) < 4.78 is 9.83. The van der Waals surface area contributed by atoms with Crippen LogP contribution in [-0.2, 0) is 0 Å². The minimum absolute atomic E-state index is 0.125. The normalized spacial score (nSPS) is 8.40. The first-order chi connectivity index (χ1) is 9.78. The molecule has 4 heteroatoms. The number of benzene rings is 2. The predicted octanol–water partition coefficient (Wildman–Crippen LogP) is 2.36. The summed E-state index contributed by atoms with van der Waals surface area (Å²) in [5, 5.41) is 15.2. The second-order valence-corrected chi connectivity index (χ2v) is 3.48. The molecule has 0 spiro atoms. The summed E-state index contributed by atoms with van der Waals surface area (Å²) in [6, 6.07) is 19.4. The topological polar surface area (TPSA) is 58.9 Å². The van der Waals surface area contributed by atoms with Crippen LogP contribution in [0.3, 0.4) is 0 Å². The Hall–Kier alpha value is -2.04. The van der Waals surface area contributed by atoms with Crippen LogP contribution in [0.2, 0.25) is 0 Å². The number of ether oxygens (including phenoxy) is 2. The zero-order chi connectivity index (χ0) is 15.1. The number of aliphatic hydroxyl groups is 2. The van der Waals surface area contributed by atoms with E-state index in [4.69, 9.17) is 19.7 Å². The molecule has 2 aromatic carbocycles. The number of rotatable bonds is 3. The fourth-order valence-corrected chi connectivity index (χ4v) is 1.11. The van der Waals surface area contributed by atoms with Gasteiger partial charge in [-0.3, -0.25) is 0 Å². The van der Waals surface area contributed by atoms with E-state index in [-0.39, 0.29) is 13.2 Å². The molecule has 2 rings (SSSR count). The number of aliphatic hydroxyl groups excluding tert-OH is 2. The molecule has 0 aliphatic carbocycles. The first-order valence-electron chi connectivity index (χ1n) is 6.18. The van der Waals surface area contributed by atoms with Crippen molar-refractivity contribution in [1.82, 2.24) is 0 Å². The molecule has 0 bridgehead atoms. The average molecular weight is 278 g/mol. The second-order valence-electron chi connectivity index (χ2n) is 3.48. The van der Waals surface area contributed by atoms with Gasteiger partial charge >= 0.3 is 0 Å². The first-order valence-corrected chi connectivity index (χ1v) is 6.18. The van der Waals surface area contributed by atoms with Crippen LogP contribution in [0, 0.1) is 0 Å². The van der Waals surface area contributed by atoms with Crippen molar-refractivity contribution in [2.45, 2.75) is 0 Å². The van der Waals surface area contributed by atoms with Crippen molar-refractivity contribution in [3.63, 3.8) is 0 Å². The Bertz CT molecular complexity index is 362. The maximum atomic E-state index is 7.62. The molecule has 0 radical (unpaired) electrons. The van der Waals surface area contributed by atoms with Crippen molar-refractivity contribution < 1.29 is 19.7 Å². The third kappa shape index (κ3) is 9.94. The van der Waals surface area contributed by atoms with Crippen molar-refractivity contribution in [3.8, 4) is 11.5 Å². The van der Waals surface area contributed by atoms with Gasteiger partial charge in [-0.2, -0.15) is 0 Å². The van der Waals surface area contributed by atoms with Crippen molar-refractivity contribution in [2.24, 2.45) is 0 Å². The predicted molar refractivity (Wildman–Crippen MR) is 80.2 cm³/mol. The van der Waals surface area contributed by atoms with Gasteiger partial charge in [-0.25, -0.2) is 0 Å². The van der Waals surface area contributed by atoms with Crippen molar-refractivity contribution in [3.05, 3.63) is 60.7 Å². The molecule has 0 saturated carbocycles. The van der Waals surface area contributed by atoms with Crippen molar-refractivity contribution in [2.75, 3.05) is 27.4 Å². The fourth-order valence-electron chi connectivity index (χ4n) is 1.11. The third-order valence-corrected chi connectivity index (χ3v) is 2.06. The highest BCUT2D eigenvalue weighted by Gasteiger charge is 1.80. The second kappa shape index (κ2) is 13.4. The molecule has 0 atom stereocenters. The first kappa shape index (κ1) is 18.0. The van der Waals surface area contributed by atoms with Crippen LogP contribution < -0.4 is 9.47 Å². The summed E-state index contributed by atoms with van der Waals surface area (Å²) in [5.41, 5.74) is 0. The Morgan fingerprint density at radius 3 is 1.10 bits per heavy atom. The molecule has 0 fully saturated rings. The summed E-state index contributed by atoms with van der Waals surface area (Å²) >= 11 is 0. The van der Waals surface area contributed by atoms with Gasteiger partial charge < -0.3 is 19.7 Å². The molecule has 0 aliphatic heterocycles. The lowest BCUT2D eigenvalue weighted by Gasteiger charge is -1.93. The van der Waals surface area contributed by atoms with Gasteiger partial charge in [-0.15, -0.1) is 0 Å². The Kier molecular flexibility index (Phi) is 12.0. The highest BCUT2D eigenvalue weighted by Crippen LogP contribution is 2.06. The molecular formula is C16H22O4. The van der Waals surface area contributed by atoms with Crippen LogP contribution in [0.1, 0.15) is 0 Å². The minimum atomic E-state index is -0.125. The van der Waals surface area contributed by atoms with Crippen LogP contribution in [0.5, 0.6) is 11.5 Å². The van der Waals surface area contributed by atoms with Crippen LogP contribution in [-0.4, -0.2) is 37.6 Å².